The molecule has 1 amide bonds. The number of nitrogens with one attached hydrogen (secondary N) is 1. The fraction of sp³-hybridized carbons (Fsp3) is 0.294. The van der Waals surface area contributed by atoms with E-state index in [1.54, 1.807) is 11.1 Å². The fourth-order valence-corrected chi connectivity index (χ4v) is 5.26. The van der Waals surface area contributed by atoms with Crippen LogP contribution in [0.2, 0.25) is 0 Å². The number of imidazole rings is 1. The van der Waals surface area contributed by atoms with Crippen LogP contribution >= 0.6 is 0 Å². The van der Waals surface area contributed by atoms with E-state index in [-0.39, 0.29) is 11.8 Å². The largest absolute Gasteiger partial charge is 0.341 e. The molecule has 6 heteroatoms. The average Bonchev–Trinajstić information content (AvgIpc) is 3.48. The van der Waals surface area contributed by atoms with Gasteiger partial charge in [-0.05, 0) is 53.4 Å². The minimum atomic E-state index is -0.386. The van der Waals surface area contributed by atoms with E-state index in [0.29, 0.717) is 37.4 Å². The fourth-order valence-electron chi connectivity index (χ4n) is 5.26. The Kier molecular flexibility index (Phi) is 8.65. The lowest BCUT2D eigenvalue weighted by Gasteiger charge is -2.23. The van der Waals surface area contributed by atoms with Crippen LogP contribution in [0.3, 0.4) is 0 Å². The van der Waals surface area contributed by atoms with E-state index < -0.39 is 0 Å². The molecule has 0 fully saturated rings. The summed E-state index contributed by atoms with van der Waals surface area (Å²) < 4.78 is 0. The average molecular weight is 533 g/mol. The summed E-state index contributed by atoms with van der Waals surface area (Å²) in [5.41, 5.74) is 3.94. The summed E-state index contributed by atoms with van der Waals surface area (Å²) in [6.07, 6.45) is 8.11. The number of hydrogen-bond acceptors (Lipinski definition) is 4. The number of carbonyl (C=O) groups excluding carboxylic acids is 2. The zero-order chi connectivity index (χ0) is 27.9. The van der Waals surface area contributed by atoms with E-state index in [2.05, 4.69) is 46.4 Å². The monoisotopic (exact) mass is 532 g/mol. The number of amides is 1. The number of unbranched alkanes of at least 4 members (excludes halogenated alkanes) is 2. The lowest BCUT2D eigenvalue weighted by atomic mass is 9.97. The van der Waals surface area contributed by atoms with Gasteiger partial charge in [-0.1, -0.05) is 68.3 Å². The highest BCUT2D eigenvalue weighted by Crippen LogP contribution is 2.28. The second-order valence-corrected chi connectivity index (χ2v) is 10.5. The van der Waals surface area contributed by atoms with Gasteiger partial charge in [0.25, 0.3) is 0 Å². The number of aromatic amines is 1. The molecule has 0 aliphatic rings. The van der Waals surface area contributed by atoms with Gasteiger partial charge in [0.05, 0.1) is 23.3 Å². The minimum absolute atomic E-state index is 0.0373. The first kappa shape index (κ1) is 27.3. The molecular formula is C34H36N4O2. The quantitative estimate of drug-likeness (QED) is 0.169. The van der Waals surface area contributed by atoms with E-state index in [0.717, 1.165) is 52.4 Å². The topological polar surface area (TPSA) is 79.0 Å². The maximum absolute atomic E-state index is 13.8. The third-order valence-electron chi connectivity index (χ3n) is 7.59. The van der Waals surface area contributed by atoms with Crippen molar-refractivity contribution in [3.63, 3.8) is 0 Å². The number of rotatable bonds is 12. The smallest absolute Gasteiger partial charge is 0.233 e. The van der Waals surface area contributed by atoms with Crippen molar-refractivity contribution in [2.75, 3.05) is 7.05 Å². The first-order valence-electron chi connectivity index (χ1n) is 14.2. The van der Waals surface area contributed by atoms with Crippen molar-refractivity contribution < 1.29 is 9.59 Å². The molecular weight excluding hydrogens is 496 g/mol. The maximum atomic E-state index is 13.8. The Hall–Kier alpha value is -4.32. The van der Waals surface area contributed by atoms with Crippen LogP contribution in [-0.2, 0) is 16.1 Å². The Morgan fingerprint density at radius 1 is 0.875 bits per heavy atom. The summed E-state index contributed by atoms with van der Waals surface area (Å²) in [5.74, 6) is 0.634. The zero-order valence-corrected chi connectivity index (χ0v) is 23.3. The van der Waals surface area contributed by atoms with E-state index in [1.165, 1.54) is 5.39 Å². The Labute approximate surface area is 235 Å². The van der Waals surface area contributed by atoms with Crippen LogP contribution in [0, 0.1) is 0 Å². The van der Waals surface area contributed by atoms with Gasteiger partial charge in [-0.15, -0.1) is 0 Å². The Balaban J connectivity index is 1.34. The van der Waals surface area contributed by atoms with E-state index >= 15 is 0 Å². The molecule has 1 atom stereocenters. The van der Waals surface area contributed by atoms with Gasteiger partial charge >= 0.3 is 0 Å². The molecule has 0 saturated heterocycles. The molecule has 5 aromatic rings. The summed E-state index contributed by atoms with van der Waals surface area (Å²) in [5, 5.41) is 3.41. The molecule has 40 heavy (non-hydrogen) atoms. The molecule has 204 valence electrons. The summed E-state index contributed by atoms with van der Waals surface area (Å²) >= 11 is 0. The van der Waals surface area contributed by atoms with Crippen LogP contribution in [0.4, 0.5) is 0 Å². The molecule has 1 N–H and O–H groups in total. The van der Waals surface area contributed by atoms with Crippen molar-refractivity contribution in [3.8, 4) is 11.3 Å². The van der Waals surface area contributed by atoms with Gasteiger partial charge in [-0.2, -0.15) is 0 Å². The Morgan fingerprint density at radius 2 is 1.70 bits per heavy atom. The number of Topliss-reactive ketones (excluding diaryl/α,β-unsaturated/α-hetero) is 1. The summed E-state index contributed by atoms with van der Waals surface area (Å²) in [6, 6.07) is 24.7. The van der Waals surface area contributed by atoms with Gasteiger partial charge in [0, 0.05) is 43.6 Å². The van der Waals surface area contributed by atoms with Crippen molar-refractivity contribution >= 4 is 33.4 Å². The number of nitrogens with zero attached hydrogens (tertiary/aromatic N) is 3. The highest BCUT2D eigenvalue weighted by molar-refractivity contribution is 5.87. The number of benzene rings is 3. The van der Waals surface area contributed by atoms with Crippen molar-refractivity contribution in [2.24, 2.45) is 0 Å². The second kappa shape index (κ2) is 12.7. The maximum Gasteiger partial charge on any atom is 0.233 e. The third-order valence-corrected chi connectivity index (χ3v) is 7.59. The number of ketones is 1. The molecule has 3 aromatic carbocycles. The second-order valence-electron chi connectivity index (χ2n) is 10.5. The molecule has 6 nitrogen and oxygen atoms in total. The number of aromatic nitrogens is 3. The van der Waals surface area contributed by atoms with Crippen molar-refractivity contribution in [2.45, 2.75) is 57.9 Å². The van der Waals surface area contributed by atoms with Crippen molar-refractivity contribution in [3.05, 3.63) is 96.6 Å². The van der Waals surface area contributed by atoms with Gasteiger partial charge in [0.15, 0.2) is 0 Å². The third kappa shape index (κ3) is 6.45. The highest BCUT2D eigenvalue weighted by Gasteiger charge is 2.27. The minimum Gasteiger partial charge on any atom is -0.341 e. The number of carbonyl (C=O) groups is 2. The number of fused-ring (bicyclic) bond motifs is 2. The molecule has 0 aliphatic carbocycles. The van der Waals surface area contributed by atoms with Crippen molar-refractivity contribution in [1.82, 2.24) is 19.9 Å². The first-order valence-corrected chi connectivity index (χ1v) is 14.2. The summed E-state index contributed by atoms with van der Waals surface area (Å²) in [7, 11) is 1.86. The predicted molar refractivity (Wildman–Crippen MR) is 161 cm³/mol. The molecule has 0 saturated carbocycles. The van der Waals surface area contributed by atoms with Gasteiger partial charge < -0.3 is 9.88 Å². The molecule has 1 unspecified atom stereocenters. The predicted octanol–water partition coefficient (Wildman–Crippen LogP) is 7.45. The van der Waals surface area contributed by atoms with E-state index in [4.69, 9.17) is 4.98 Å². The zero-order valence-electron chi connectivity index (χ0n) is 23.3. The first-order chi connectivity index (χ1) is 19.5. The van der Waals surface area contributed by atoms with Crippen LogP contribution in [0.15, 0.2) is 85.2 Å². The van der Waals surface area contributed by atoms with Crippen LogP contribution in [0.1, 0.15) is 62.8 Å². The molecule has 0 aliphatic heterocycles. The van der Waals surface area contributed by atoms with Crippen LogP contribution in [0.25, 0.3) is 32.9 Å². The standard InChI is InChI=1S/C34H36N4O2/c1-3-29(39)13-5-4-6-14-30(34(40)38(2)23-24-15-18-31-27(20-24)12-9-19-35-31)33-36-22-32(37-33)28-17-16-25-10-7-8-11-26(25)21-28/h7-12,15-22,30H,3-6,13-14,23H2,1-2H3,(H,36,37). The number of pyridine rings is 1. The van der Waals surface area contributed by atoms with Gasteiger partial charge in [-0.25, -0.2) is 4.98 Å². The SMILES string of the molecule is CCC(=O)CCCCCC(C(=O)N(C)Cc1ccc2ncccc2c1)c1ncc(-c2ccc3ccccc3c2)[nH]1. The van der Waals surface area contributed by atoms with E-state index in [1.807, 2.05) is 56.6 Å². The Morgan fingerprint density at radius 3 is 2.55 bits per heavy atom. The summed E-state index contributed by atoms with van der Waals surface area (Å²) in [4.78, 5) is 39.9. The van der Waals surface area contributed by atoms with Crippen LogP contribution in [0.5, 0.6) is 0 Å². The van der Waals surface area contributed by atoms with Gasteiger partial charge in [0.2, 0.25) is 5.91 Å². The molecule has 0 radical (unpaired) electrons. The van der Waals surface area contributed by atoms with Crippen LogP contribution in [-0.4, -0.2) is 38.6 Å². The summed E-state index contributed by atoms with van der Waals surface area (Å²) in [6.45, 7) is 2.41. The molecule has 0 bridgehead atoms. The van der Waals surface area contributed by atoms with Crippen LogP contribution < -0.4 is 0 Å². The van der Waals surface area contributed by atoms with Crippen molar-refractivity contribution in [1.29, 1.82) is 0 Å². The lowest BCUT2D eigenvalue weighted by Crippen LogP contribution is -2.32. The molecule has 0 spiro atoms. The van der Waals surface area contributed by atoms with Gasteiger partial charge in [-0.3, -0.25) is 14.6 Å². The molecule has 2 heterocycles. The Bertz CT molecular complexity index is 1620. The molecule has 5 rings (SSSR count). The van der Waals surface area contributed by atoms with E-state index in [9.17, 15) is 9.59 Å². The van der Waals surface area contributed by atoms with Gasteiger partial charge in [0.1, 0.15) is 11.6 Å². The number of hydrogen-bond donors (Lipinski definition) is 1. The lowest BCUT2D eigenvalue weighted by molar-refractivity contribution is -0.132. The number of likely N-dealkylation sites (N-methyl/N-ethyl adjacent to an activating group) is 1. The highest BCUT2D eigenvalue weighted by atomic mass is 16.2. The number of H-pyrrole nitrogens is 1. The normalized spacial score (nSPS) is 12.1. The molecule has 2 aromatic heterocycles.